The molecule has 6 nitrogen and oxygen atoms in total. The van der Waals surface area contributed by atoms with Crippen LogP contribution in [0, 0.1) is 15.9 Å². The zero-order valence-electron chi connectivity index (χ0n) is 45.9. The van der Waals surface area contributed by atoms with Crippen molar-refractivity contribution < 1.29 is 24.1 Å². The molecule has 0 unspecified atom stereocenters. The molecule has 0 spiro atoms. The normalized spacial score (nSPS) is 11.9. The van der Waals surface area contributed by atoms with Crippen molar-refractivity contribution >= 4 is 60.2 Å². The van der Waals surface area contributed by atoms with Gasteiger partial charge in [0.25, 0.3) is 0 Å². The van der Waals surface area contributed by atoms with Crippen molar-refractivity contribution in [3.8, 4) is 73.2 Å². The van der Waals surface area contributed by atoms with Crippen LogP contribution in [0.1, 0.15) is 26.3 Å². The number of fused-ring (bicyclic) bond motifs is 7. The molecule has 0 radical (unpaired) electrons. The van der Waals surface area contributed by atoms with Crippen LogP contribution in [0.2, 0.25) is 0 Å². The Morgan fingerprint density at radius 1 is 0.386 bits per heavy atom. The van der Waals surface area contributed by atoms with E-state index < -0.39 is 0 Å². The van der Waals surface area contributed by atoms with Gasteiger partial charge in [-0.2, -0.15) is 0 Å². The fourth-order valence-corrected chi connectivity index (χ4v) is 13.3. The van der Waals surface area contributed by atoms with Crippen LogP contribution in [0.25, 0.3) is 122 Å². The maximum atomic E-state index is 7.17. The predicted octanol–water partition coefficient (Wildman–Crippen LogP) is 19.5. The van der Waals surface area contributed by atoms with Gasteiger partial charge in [-0.15, -0.1) is 0 Å². The quantitative estimate of drug-likeness (QED) is 0.135. The van der Waals surface area contributed by atoms with Crippen molar-refractivity contribution in [1.29, 1.82) is 0 Å². The zero-order valence-corrected chi connectivity index (χ0v) is 48.1. The van der Waals surface area contributed by atoms with Crippen LogP contribution in [0.15, 0.2) is 267 Å². The second-order valence-electron chi connectivity index (χ2n) is 22.1. The standard InChI is InChI=1S/C76H53N5O.Pt/c1-76(2,3)55-45-46-77-72(47-55)80-66-38-18-16-31-62(66)64-43-41-56(48-70(64)80)82-57-42-44-68-71(49-57)79-50-78(73-58(51-23-8-4-9-24-51)33-20-34-59(73)52-25-10-5-11-26-52)69-40-22-37-65(75(69)79)63-32-17-19-39-67(63)81(68)74-60(53-27-12-6-13-28-53)35-21-36-61(74)54-29-14-7-15-30-54;/h4-47H,1-3H3;/q-2;. The molecule has 4 aromatic heterocycles. The summed E-state index contributed by atoms with van der Waals surface area (Å²) < 4.78 is 17.7. The van der Waals surface area contributed by atoms with Crippen LogP contribution in [0.4, 0.5) is 0 Å². The molecule has 0 atom stereocenters. The zero-order chi connectivity index (χ0) is 55.8. The molecule has 11 aromatic carbocycles. The molecule has 0 saturated heterocycles. The summed E-state index contributed by atoms with van der Waals surface area (Å²) >= 11 is 2.57. The van der Waals surface area contributed by atoms with E-state index in [1.165, 1.54) is 5.56 Å². The van der Waals surface area contributed by atoms with Crippen molar-refractivity contribution in [2.75, 3.05) is 0 Å². The van der Waals surface area contributed by atoms with Gasteiger partial charge < -0.3 is 0 Å². The molecule has 0 aliphatic heterocycles. The molecule has 0 aliphatic rings. The number of aromatic nitrogens is 5. The first-order valence-electron chi connectivity index (χ1n) is 28.0. The number of rotatable bonds is 9. The number of nitrogens with zero attached hydrogens (tertiary/aromatic N) is 5. The van der Waals surface area contributed by atoms with Gasteiger partial charge in [0.1, 0.15) is 0 Å². The summed E-state index contributed by atoms with van der Waals surface area (Å²) in [5.41, 5.74) is 18.9. The van der Waals surface area contributed by atoms with Gasteiger partial charge in [0.05, 0.1) is 0 Å². The Morgan fingerprint density at radius 3 is 1.39 bits per heavy atom. The number of hydrogen-bond acceptors (Lipinski definition) is 2. The average molecular weight is 1250 g/mol. The van der Waals surface area contributed by atoms with Crippen molar-refractivity contribution in [2.45, 2.75) is 26.2 Å². The Morgan fingerprint density at radius 2 is 0.831 bits per heavy atom. The van der Waals surface area contributed by atoms with E-state index in [-0.39, 0.29) is 5.41 Å². The third kappa shape index (κ3) is 8.51. The second-order valence-corrected chi connectivity index (χ2v) is 23.1. The van der Waals surface area contributed by atoms with Crippen LogP contribution < -0.4 is 4.74 Å². The van der Waals surface area contributed by atoms with Crippen LogP contribution >= 0.6 is 0 Å². The second kappa shape index (κ2) is 20.3. The number of hydrogen-bond donors (Lipinski definition) is 0. The van der Waals surface area contributed by atoms with Crippen LogP contribution in [-0.4, -0.2) is 23.1 Å². The van der Waals surface area contributed by atoms with E-state index in [0.717, 1.165) is 126 Å². The summed E-state index contributed by atoms with van der Waals surface area (Å²) in [5.74, 6) is 1.93. The Bertz CT molecular complexity index is 4990. The third-order valence-electron chi connectivity index (χ3n) is 16.1. The van der Waals surface area contributed by atoms with Crippen molar-refractivity contribution in [3.05, 3.63) is 289 Å². The molecule has 0 aliphatic carbocycles. The number of ether oxygens (including phenoxy) is 1. The fraction of sp³-hybridized carbons (Fsp3) is 0.0526. The summed E-state index contributed by atoms with van der Waals surface area (Å²) in [6.07, 6.45) is 1.91. The average Bonchev–Trinajstić information content (AvgIpc) is 2.46. The SMILES string of the molecule is CC(C)(C)c1ccnc(-n2c3[c-]c(Oc4[c-]c5c(cc4)n(-c4c(-c6ccccc6)cccc4-c4ccccc4)c4ccccc4c4cccc6c4n5[c](=[Pt])n6-c4c(-c5ccccc5)cccc4-c4ccccc4)ccc3c3ccccc32)c1. The monoisotopic (exact) mass is 1250 g/mol. The number of benzene rings is 11. The van der Waals surface area contributed by atoms with Gasteiger partial charge in [0.2, 0.25) is 0 Å². The van der Waals surface area contributed by atoms with E-state index >= 15 is 0 Å². The first-order chi connectivity index (χ1) is 40.8. The summed E-state index contributed by atoms with van der Waals surface area (Å²) in [4.78, 5) is 4.97. The Balaban J connectivity index is 1.08. The molecule has 15 aromatic rings. The molecule has 0 N–H and O–H groups in total. The summed E-state index contributed by atoms with van der Waals surface area (Å²) in [6, 6.07) is 101. The van der Waals surface area contributed by atoms with Gasteiger partial charge in [0, 0.05) is 6.20 Å². The third-order valence-corrected chi connectivity index (χ3v) is 17.1. The molecule has 83 heavy (non-hydrogen) atoms. The molecule has 0 saturated carbocycles. The molecule has 0 fully saturated rings. The van der Waals surface area contributed by atoms with Crippen LogP contribution in [0.3, 0.4) is 0 Å². The van der Waals surface area contributed by atoms with E-state index in [1.54, 1.807) is 0 Å². The first kappa shape index (κ1) is 50.1. The van der Waals surface area contributed by atoms with Gasteiger partial charge in [0.15, 0.2) is 0 Å². The minimum absolute atomic E-state index is 0.0720. The van der Waals surface area contributed by atoms with Crippen LogP contribution in [0.5, 0.6) is 11.5 Å². The molecule has 7 heteroatoms. The molecule has 0 bridgehead atoms. The summed E-state index contributed by atoms with van der Waals surface area (Å²) in [7, 11) is 0. The van der Waals surface area contributed by atoms with Gasteiger partial charge in [-0.05, 0) is 17.0 Å². The van der Waals surface area contributed by atoms with Gasteiger partial charge in [-0.25, -0.2) is 0 Å². The van der Waals surface area contributed by atoms with Gasteiger partial charge in [-0.3, -0.25) is 0 Å². The summed E-state index contributed by atoms with van der Waals surface area (Å²) in [6.45, 7) is 6.71. The van der Waals surface area contributed by atoms with E-state index in [2.05, 4.69) is 325 Å². The Hall–Kier alpha value is -9.87. The van der Waals surface area contributed by atoms with E-state index in [9.17, 15) is 0 Å². The first-order valence-corrected chi connectivity index (χ1v) is 29.2. The van der Waals surface area contributed by atoms with Gasteiger partial charge in [-0.1, -0.05) is 32.9 Å². The molecule has 15 rings (SSSR count). The molecular formula is C76H53N5OPt-2. The molecular weight excluding hydrogens is 1190 g/mol. The number of pyridine rings is 1. The van der Waals surface area contributed by atoms with Gasteiger partial charge >= 0.3 is 439 Å². The Labute approximate surface area is 492 Å². The molecule has 4 heterocycles. The molecule has 0 amide bonds. The van der Waals surface area contributed by atoms with Crippen molar-refractivity contribution in [1.82, 2.24) is 23.1 Å². The maximum absolute atomic E-state index is 7.17. The molecule has 400 valence electrons. The van der Waals surface area contributed by atoms with Crippen molar-refractivity contribution in [3.63, 3.8) is 0 Å². The Kier molecular flexibility index (Phi) is 12.2. The van der Waals surface area contributed by atoms with Crippen LogP contribution in [-0.2, 0) is 24.8 Å². The summed E-state index contributed by atoms with van der Waals surface area (Å²) in [5, 5.41) is 4.36. The van der Waals surface area contributed by atoms with Crippen molar-refractivity contribution in [2.24, 2.45) is 0 Å². The van der Waals surface area contributed by atoms with E-state index in [0.29, 0.717) is 11.5 Å². The van der Waals surface area contributed by atoms with E-state index in [4.69, 9.17) is 9.72 Å². The fourth-order valence-electron chi connectivity index (χ4n) is 12.2. The van der Waals surface area contributed by atoms with E-state index in [1.807, 2.05) is 12.3 Å². The number of para-hydroxylation sites is 5. The predicted molar refractivity (Wildman–Crippen MR) is 337 cm³/mol. The topological polar surface area (TPSA) is 41.3 Å². The minimum atomic E-state index is -0.0720. The number of imidazole rings is 1.